The second-order valence-electron chi connectivity index (χ2n) is 1.40. The zero-order chi connectivity index (χ0) is 5.28. The van der Waals surface area contributed by atoms with E-state index in [1.807, 2.05) is 0 Å². The van der Waals surface area contributed by atoms with Crippen LogP contribution in [-0.2, 0) is 9.59 Å². The van der Waals surface area contributed by atoms with E-state index in [2.05, 4.69) is 5.32 Å². The largest absolute Gasteiger partial charge is 2.00 e. The van der Waals surface area contributed by atoms with Gasteiger partial charge in [0, 0.05) is 0 Å². The molecule has 0 spiro atoms. The number of halogens is 1. The van der Waals surface area contributed by atoms with Crippen LogP contribution in [0.15, 0.2) is 0 Å². The molecule has 1 heterocycles. The maximum absolute atomic E-state index is 10.1. The Morgan fingerprint density at radius 3 is 1.56 bits per heavy atom. The van der Waals surface area contributed by atoms with Crippen molar-refractivity contribution in [1.82, 2.24) is 0 Å². The molecule has 0 aromatic heterocycles. The van der Waals surface area contributed by atoms with E-state index in [4.69, 9.17) is 0 Å². The standard InChI is InChI=1S/C4H5NO2.Ba.BrH/c6-3-1-2-4(7)5-3;;/h1-2H2,(H,5,6,7);;1H/q;+2;/p-2. The van der Waals surface area contributed by atoms with Gasteiger partial charge in [0.15, 0.2) is 0 Å². The molecule has 9 heavy (non-hydrogen) atoms. The topological polar surface area (TPSA) is 48.2 Å². The number of imide groups is 1. The van der Waals surface area contributed by atoms with Gasteiger partial charge in [0.1, 0.15) is 0 Å². The molecular formula is C4H4BaBrNO2. The fourth-order valence-electron chi connectivity index (χ4n) is 0.465. The normalized spacial score (nSPS) is 15.6. The third kappa shape index (κ3) is 4.58. The number of carbonyl (C=O) groups is 2. The molecule has 0 aromatic rings. The molecule has 3 nitrogen and oxygen atoms in total. The summed E-state index contributed by atoms with van der Waals surface area (Å²) in [5.74, 6) is -0.546. The summed E-state index contributed by atoms with van der Waals surface area (Å²) in [6, 6.07) is 0. The van der Waals surface area contributed by atoms with Crippen LogP contribution in [0.2, 0.25) is 0 Å². The third-order valence-corrected chi connectivity index (χ3v) is 0.802. The van der Waals surface area contributed by atoms with Crippen LogP contribution in [-0.4, -0.2) is 60.7 Å². The third-order valence-electron chi connectivity index (χ3n) is 0.802. The number of carbonyl (C=O) groups excluding carboxylic acids is 2. The Morgan fingerprint density at radius 1 is 1.11 bits per heavy atom. The molecular weight excluding hydrogens is 311 g/mol. The van der Waals surface area contributed by atoms with Gasteiger partial charge in [0.25, 0.3) is 0 Å². The average molecular weight is 315 g/mol. The molecule has 0 radical (unpaired) electrons. The molecule has 1 fully saturated rings. The zero-order valence-electron chi connectivity index (χ0n) is 4.76. The van der Waals surface area contributed by atoms with Crippen LogP contribution in [0.3, 0.4) is 0 Å². The van der Waals surface area contributed by atoms with Crippen molar-refractivity contribution >= 4 is 60.7 Å². The summed E-state index contributed by atoms with van der Waals surface area (Å²) < 4.78 is 0. The van der Waals surface area contributed by atoms with E-state index in [-0.39, 0.29) is 77.7 Å². The molecule has 0 bridgehead atoms. The number of amides is 2. The van der Waals surface area contributed by atoms with Crippen LogP contribution in [0.1, 0.15) is 12.8 Å². The van der Waals surface area contributed by atoms with Crippen molar-refractivity contribution < 1.29 is 26.6 Å². The van der Waals surface area contributed by atoms with Crippen LogP contribution in [0, 0.1) is 0 Å². The van der Waals surface area contributed by atoms with E-state index in [1.54, 1.807) is 0 Å². The molecule has 0 aliphatic carbocycles. The first-order chi connectivity index (χ1) is 3.29. The van der Waals surface area contributed by atoms with E-state index < -0.39 is 0 Å². The van der Waals surface area contributed by atoms with E-state index in [0.717, 1.165) is 0 Å². The number of nitrogens with zero attached hydrogens (tertiary/aromatic N) is 1. The van der Waals surface area contributed by atoms with Gasteiger partial charge < -0.3 is 31.9 Å². The van der Waals surface area contributed by atoms with Crippen LogP contribution in [0.4, 0.5) is 0 Å². The van der Waals surface area contributed by atoms with E-state index in [0.29, 0.717) is 12.8 Å². The smallest absolute Gasteiger partial charge is 1.00 e. The van der Waals surface area contributed by atoms with Crippen molar-refractivity contribution in [3.63, 3.8) is 0 Å². The van der Waals surface area contributed by atoms with Gasteiger partial charge in [0.05, 0.1) is 11.8 Å². The van der Waals surface area contributed by atoms with Crippen molar-refractivity contribution in [1.29, 1.82) is 0 Å². The summed E-state index contributed by atoms with van der Waals surface area (Å²) in [4.78, 5) is 20.1. The second-order valence-corrected chi connectivity index (χ2v) is 1.40. The minimum absolute atomic E-state index is 0. The first kappa shape index (κ1) is 12.8. The number of hydrogen-bond donors (Lipinski definition) is 0. The molecule has 1 saturated heterocycles. The Balaban J connectivity index is 0. The van der Waals surface area contributed by atoms with Gasteiger partial charge in [-0.15, -0.1) is 0 Å². The Labute approximate surface area is 104 Å². The number of hydrogen-bond acceptors (Lipinski definition) is 2. The fraction of sp³-hybridized carbons (Fsp3) is 0.500. The molecule has 0 atom stereocenters. The van der Waals surface area contributed by atoms with Crippen LogP contribution in [0.5, 0.6) is 0 Å². The Bertz CT molecular complexity index is 114. The monoisotopic (exact) mass is 315 g/mol. The Hall–Kier alpha value is 1.19. The van der Waals surface area contributed by atoms with Gasteiger partial charge in [-0.25, -0.2) is 0 Å². The van der Waals surface area contributed by atoms with Crippen molar-refractivity contribution in [2.24, 2.45) is 0 Å². The van der Waals surface area contributed by atoms with Gasteiger partial charge in [0.2, 0.25) is 0 Å². The molecule has 1 aliphatic heterocycles. The molecule has 5 heteroatoms. The summed E-state index contributed by atoms with van der Waals surface area (Å²) in [6.45, 7) is 0. The quantitative estimate of drug-likeness (QED) is 0.350. The van der Waals surface area contributed by atoms with E-state index >= 15 is 0 Å². The van der Waals surface area contributed by atoms with Gasteiger partial charge in [-0.1, -0.05) is 0 Å². The predicted octanol–water partition coefficient (Wildman–Crippen LogP) is -3.17. The molecule has 1 rings (SSSR count). The zero-order valence-corrected chi connectivity index (χ0v) is 10.8. The molecule has 0 N–H and O–H groups in total. The van der Waals surface area contributed by atoms with Crippen molar-refractivity contribution in [2.45, 2.75) is 12.8 Å². The maximum atomic E-state index is 10.1. The van der Waals surface area contributed by atoms with Crippen LogP contribution in [0.25, 0.3) is 5.32 Å². The summed E-state index contributed by atoms with van der Waals surface area (Å²) >= 11 is 0. The maximum Gasteiger partial charge on any atom is 2.00 e. The van der Waals surface area contributed by atoms with Crippen molar-refractivity contribution in [3.8, 4) is 0 Å². The summed E-state index contributed by atoms with van der Waals surface area (Å²) in [6.07, 6.45) is 0.637. The summed E-state index contributed by atoms with van der Waals surface area (Å²) in [5, 5.41) is 3.11. The predicted molar refractivity (Wildman–Crippen MR) is 28.4 cm³/mol. The van der Waals surface area contributed by atoms with Crippen LogP contribution >= 0.6 is 0 Å². The van der Waals surface area contributed by atoms with Crippen molar-refractivity contribution in [3.05, 3.63) is 5.32 Å². The first-order valence-electron chi connectivity index (χ1n) is 2.06. The molecule has 1 aliphatic rings. The molecule has 46 valence electrons. The molecule has 2 amide bonds. The second kappa shape index (κ2) is 5.94. The fourth-order valence-corrected chi connectivity index (χ4v) is 0.465. The Morgan fingerprint density at radius 2 is 1.44 bits per heavy atom. The SMILES string of the molecule is O=C1CCC(=O)[N-]1.[Ba+2].[Br-]. The van der Waals surface area contributed by atoms with Crippen molar-refractivity contribution in [2.75, 3.05) is 0 Å². The van der Waals surface area contributed by atoms with Gasteiger partial charge in [-0.2, -0.15) is 0 Å². The Kier molecular flexibility index (Phi) is 8.47. The first-order valence-corrected chi connectivity index (χ1v) is 2.06. The molecule has 0 aromatic carbocycles. The minimum Gasteiger partial charge on any atom is -1.00 e. The van der Waals surface area contributed by atoms with Gasteiger partial charge >= 0.3 is 48.9 Å². The van der Waals surface area contributed by atoms with E-state index in [1.165, 1.54) is 0 Å². The van der Waals surface area contributed by atoms with Crippen LogP contribution < -0.4 is 17.0 Å². The van der Waals surface area contributed by atoms with E-state index in [9.17, 15) is 9.59 Å². The van der Waals surface area contributed by atoms with Gasteiger partial charge in [-0.3, -0.25) is 0 Å². The number of rotatable bonds is 0. The summed E-state index contributed by atoms with van der Waals surface area (Å²) in [5.41, 5.74) is 0. The minimum atomic E-state index is -0.273. The average Bonchev–Trinajstić information content (AvgIpc) is 1.87. The summed E-state index contributed by atoms with van der Waals surface area (Å²) in [7, 11) is 0. The molecule has 0 saturated carbocycles. The van der Waals surface area contributed by atoms with Gasteiger partial charge in [-0.05, 0) is 12.8 Å². The molecule has 0 unspecified atom stereocenters.